The van der Waals surface area contributed by atoms with Crippen molar-refractivity contribution < 1.29 is 14.3 Å². The number of imide groups is 1. The quantitative estimate of drug-likeness (QED) is 0.544. The first-order valence-corrected chi connectivity index (χ1v) is 8.85. The molecule has 2 atom stereocenters. The van der Waals surface area contributed by atoms with Crippen LogP contribution in [0.15, 0.2) is 30.3 Å². The third-order valence-electron chi connectivity index (χ3n) is 3.95. The third-order valence-corrected chi connectivity index (χ3v) is 4.52. The number of benzene rings is 1. The summed E-state index contributed by atoms with van der Waals surface area (Å²) in [6, 6.07) is 9.69. The maximum absolute atomic E-state index is 12.6. The minimum absolute atomic E-state index is 0.113. The van der Waals surface area contributed by atoms with Crippen LogP contribution >= 0.6 is 15.9 Å². The predicted molar refractivity (Wildman–Crippen MR) is 88.9 cm³/mol. The van der Waals surface area contributed by atoms with Gasteiger partial charge in [-0.1, -0.05) is 59.6 Å². The topological polar surface area (TPSA) is 46.6 Å². The summed E-state index contributed by atoms with van der Waals surface area (Å²) in [4.78, 5) is 25.8. The van der Waals surface area contributed by atoms with E-state index in [0.717, 1.165) is 30.2 Å². The number of carbonyl (C=O) groups excluding carboxylic acids is 2. The van der Waals surface area contributed by atoms with Gasteiger partial charge < -0.3 is 4.74 Å². The molecule has 0 saturated carbocycles. The Morgan fingerprint density at radius 3 is 2.77 bits per heavy atom. The van der Waals surface area contributed by atoms with Crippen molar-refractivity contribution in [1.29, 1.82) is 0 Å². The van der Waals surface area contributed by atoms with Crippen LogP contribution in [-0.2, 0) is 16.0 Å². The van der Waals surface area contributed by atoms with Crippen LogP contribution in [0.4, 0.5) is 4.79 Å². The molecule has 0 radical (unpaired) electrons. The van der Waals surface area contributed by atoms with Crippen LogP contribution in [0.3, 0.4) is 0 Å². The lowest BCUT2D eigenvalue weighted by Crippen LogP contribution is -2.43. The van der Waals surface area contributed by atoms with Crippen molar-refractivity contribution in [3.63, 3.8) is 0 Å². The van der Waals surface area contributed by atoms with E-state index < -0.39 is 6.09 Å². The molecule has 1 fully saturated rings. The van der Waals surface area contributed by atoms with Crippen LogP contribution in [0, 0.1) is 5.92 Å². The number of hydrogen-bond donors (Lipinski definition) is 0. The van der Waals surface area contributed by atoms with E-state index in [1.807, 2.05) is 37.3 Å². The zero-order valence-electron chi connectivity index (χ0n) is 12.8. The first-order valence-electron chi connectivity index (χ1n) is 7.73. The molecule has 1 saturated heterocycles. The Morgan fingerprint density at radius 1 is 1.36 bits per heavy atom. The normalized spacial score (nSPS) is 19.1. The molecule has 0 aromatic heterocycles. The minimum atomic E-state index is -0.502. The fourth-order valence-corrected chi connectivity index (χ4v) is 3.07. The monoisotopic (exact) mass is 367 g/mol. The number of unbranched alkanes of at least 4 members (excludes halogenated alkanes) is 1. The SMILES string of the molecule is CC(CCCCBr)C(=O)N1C(=O)OCC1Cc1ccccc1. The first-order chi connectivity index (χ1) is 10.6. The highest BCUT2D eigenvalue weighted by Gasteiger charge is 2.39. The Bertz CT molecular complexity index is 506. The van der Waals surface area contributed by atoms with Gasteiger partial charge in [0.15, 0.2) is 0 Å². The number of nitrogens with zero attached hydrogens (tertiary/aromatic N) is 1. The van der Waals surface area contributed by atoms with E-state index >= 15 is 0 Å². The van der Waals surface area contributed by atoms with Crippen molar-refractivity contribution >= 4 is 27.9 Å². The Kier molecular flexibility index (Phi) is 6.43. The number of ether oxygens (including phenoxy) is 1. The van der Waals surface area contributed by atoms with E-state index in [4.69, 9.17) is 4.74 Å². The third kappa shape index (κ3) is 4.32. The molecule has 0 N–H and O–H groups in total. The molecule has 0 aliphatic carbocycles. The molecule has 120 valence electrons. The molecule has 0 spiro atoms. The summed E-state index contributed by atoms with van der Waals surface area (Å²) in [5, 5.41) is 0.941. The van der Waals surface area contributed by atoms with E-state index in [1.165, 1.54) is 4.90 Å². The summed E-state index contributed by atoms with van der Waals surface area (Å²) in [6.45, 7) is 2.18. The maximum Gasteiger partial charge on any atom is 0.416 e. The van der Waals surface area contributed by atoms with E-state index in [9.17, 15) is 9.59 Å². The lowest BCUT2D eigenvalue weighted by molar-refractivity contribution is -0.133. The van der Waals surface area contributed by atoms with Gasteiger partial charge in [-0.2, -0.15) is 0 Å². The highest BCUT2D eigenvalue weighted by molar-refractivity contribution is 9.09. The molecule has 2 unspecified atom stereocenters. The molecule has 1 heterocycles. The van der Waals surface area contributed by atoms with Gasteiger partial charge >= 0.3 is 6.09 Å². The minimum Gasteiger partial charge on any atom is -0.447 e. The molecule has 0 bridgehead atoms. The van der Waals surface area contributed by atoms with Crippen LogP contribution in [-0.4, -0.2) is 34.9 Å². The van der Waals surface area contributed by atoms with Crippen molar-refractivity contribution in [1.82, 2.24) is 4.90 Å². The second-order valence-electron chi connectivity index (χ2n) is 5.71. The van der Waals surface area contributed by atoms with Crippen LogP contribution < -0.4 is 0 Å². The molecular formula is C17H22BrNO3. The van der Waals surface area contributed by atoms with Gasteiger partial charge in [-0.05, 0) is 24.8 Å². The molecule has 2 rings (SSSR count). The predicted octanol–water partition coefficient (Wildman–Crippen LogP) is 3.78. The zero-order chi connectivity index (χ0) is 15.9. The second-order valence-corrected chi connectivity index (χ2v) is 6.51. The molecular weight excluding hydrogens is 346 g/mol. The van der Waals surface area contributed by atoms with E-state index in [-0.39, 0.29) is 24.5 Å². The Balaban J connectivity index is 1.99. The molecule has 1 aliphatic heterocycles. The molecule has 4 nitrogen and oxygen atoms in total. The summed E-state index contributed by atoms with van der Waals surface area (Å²) < 4.78 is 5.11. The Labute approximate surface area is 140 Å². The number of halogens is 1. The smallest absolute Gasteiger partial charge is 0.416 e. The van der Waals surface area contributed by atoms with Crippen molar-refractivity contribution in [2.75, 3.05) is 11.9 Å². The number of hydrogen-bond acceptors (Lipinski definition) is 3. The molecule has 1 aromatic rings. The lowest BCUT2D eigenvalue weighted by atomic mass is 10.0. The zero-order valence-corrected chi connectivity index (χ0v) is 14.4. The molecule has 5 heteroatoms. The molecule has 1 aliphatic rings. The lowest BCUT2D eigenvalue weighted by Gasteiger charge is -2.23. The number of cyclic esters (lactones) is 1. The van der Waals surface area contributed by atoms with Gasteiger partial charge in [0.25, 0.3) is 0 Å². The Hall–Kier alpha value is -1.36. The average molecular weight is 368 g/mol. The largest absolute Gasteiger partial charge is 0.447 e. The summed E-state index contributed by atoms with van der Waals surface area (Å²) >= 11 is 3.39. The fraction of sp³-hybridized carbons (Fsp3) is 0.529. The number of rotatable bonds is 7. The molecule has 1 aromatic carbocycles. The summed E-state index contributed by atoms with van der Waals surface area (Å²) in [5.74, 6) is -0.263. The van der Waals surface area contributed by atoms with E-state index in [0.29, 0.717) is 6.42 Å². The van der Waals surface area contributed by atoms with Gasteiger partial charge in [0.05, 0.1) is 6.04 Å². The van der Waals surface area contributed by atoms with Gasteiger partial charge in [0.1, 0.15) is 6.61 Å². The van der Waals surface area contributed by atoms with Crippen LogP contribution in [0.1, 0.15) is 31.7 Å². The highest BCUT2D eigenvalue weighted by atomic mass is 79.9. The summed E-state index contributed by atoms with van der Waals surface area (Å²) in [6.07, 6.45) is 2.96. The number of alkyl halides is 1. The van der Waals surface area contributed by atoms with Gasteiger partial charge in [-0.15, -0.1) is 0 Å². The van der Waals surface area contributed by atoms with Crippen molar-refractivity contribution in [2.24, 2.45) is 5.92 Å². The van der Waals surface area contributed by atoms with E-state index in [2.05, 4.69) is 15.9 Å². The average Bonchev–Trinajstić information content (AvgIpc) is 2.88. The van der Waals surface area contributed by atoms with Gasteiger partial charge in [-0.25, -0.2) is 9.69 Å². The van der Waals surface area contributed by atoms with Gasteiger partial charge in [-0.3, -0.25) is 4.79 Å². The van der Waals surface area contributed by atoms with Crippen molar-refractivity contribution in [3.8, 4) is 0 Å². The van der Waals surface area contributed by atoms with Crippen LogP contribution in [0.2, 0.25) is 0 Å². The highest BCUT2D eigenvalue weighted by Crippen LogP contribution is 2.22. The summed E-state index contributed by atoms with van der Waals surface area (Å²) in [7, 11) is 0. The van der Waals surface area contributed by atoms with Crippen molar-refractivity contribution in [3.05, 3.63) is 35.9 Å². The van der Waals surface area contributed by atoms with Gasteiger partial charge in [0.2, 0.25) is 5.91 Å². The molecule has 22 heavy (non-hydrogen) atoms. The Morgan fingerprint density at radius 2 is 2.09 bits per heavy atom. The fourth-order valence-electron chi connectivity index (χ4n) is 2.67. The standard InChI is InChI=1S/C17H22BrNO3/c1-13(7-5-6-10-18)16(20)19-15(12-22-17(19)21)11-14-8-3-2-4-9-14/h2-4,8-9,13,15H,5-7,10-12H2,1H3. The summed E-state index contributed by atoms with van der Waals surface area (Å²) in [5.41, 5.74) is 1.11. The number of carbonyl (C=O) groups is 2. The first kappa shape index (κ1) is 17.0. The maximum atomic E-state index is 12.6. The van der Waals surface area contributed by atoms with Crippen LogP contribution in [0.5, 0.6) is 0 Å². The van der Waals surface area contributed by atoms with E-state index in [1.54, 1.807) is 0 Å². The number of amides is 2. The van der Waals surface area contributed by atoms with Crippen molar-refractivity contribution in [2.45, 2.75) is 38.6 Å². The van der Waals surface area contributed by atoms with Gasteiger partial charge in [0, 0.05) is 11.2 Å². The second kappa shape index (κ2) is 8.32. The van der Waals surface area contributed by atoms with Crippen LogP contribution in [0.25, 0.3) is 0 Å². The molecule has 2 amide bonds.